The number of rotatable bonds is 5. The summed E-state index contributed by atoms with van der Waals surface area (Å²) in [5.41, 5.74) is 0.465. The Balaban J connectivity index is 2.98. The largest absolute Gasteiger partial charge is 0.507 e. The quantitative estimate of drug-likeness (QED) is 0.488. The molecule has 1 rings (SSSR count). The number of carbonyl (C=O) groups is 3. The van der Waals surface area contributed by atoms with E-state index in [1.807, 2.05) is 0 Å². The molecule has 0 bridgehead atoms. The van der Waals surface area contributed by atoms with Gasteiger partial charge in [0.15, 0.2) is 6.29 Å². The zero-order valence-electron chi connectivity index (χ0n) is 9.79. The van der Waals surface area contributed by atoms with Crippen molar-refractivity contribution in [3.8, 4) is 5.75 Å². The smallest absolute Gasteiger partial charge is 0.225 e. The first-order valence-electron chi connectivity index (χ1n) is 5.26. The third-order valence-corrected chi connectivity index (χ3v) is 2.21. The molecule has 18 heavy (non-hydrogen) atoms. The number of phenols is 1. The lowest BCUT2D eigenvalue weighted by molar-refractivity contribution is -0.130. The third-order valence-electron chi connectivity index (χ3n) is 2.21. The van der Waals surface area contributed by atoms with Crippen LogP contribution in [0.4, 0.5) is 0 Å². The van der Waals surface area contributed by atoms with Crippen LogP contribution in [-0.2, 0) is 9.59 Å². The van der Waals surface area contributed by atoms with Crippen LogP contribution in [0.3, 0.4) is 0 Å². The Morgan fingerprint density at radius 3 is 2.44 bits per heavy atom. The van der Waals surface area contributed by atoms with E-state index in [4.69, 9.17) is 0 Å². The van der Waals surface area contributed by atoms with Gasteiger partial charge in [0.1, 0.15) is 5.75 Å². The van der Waals surface area contributed by atoms with Gasteiger partial charge in [-0.25, -0.2) is 0 Å². The number of hydrogen-bond acceptors (Lipinski definition) is 4. The van der Waals surface area contributed by atoms with E-state index in [1.54, 1.807) is 19.1 Å². The Bertz CT molecular complexity index is 539. The first-order valence-corrected chi connectivity index (χ1v) is 5.26. The molecule has 4 nitrogen and oxygen atoms in total. The highest BCUT2D eigenvalue weighted by molar-refractivity contribution is 6.46. The summed E-state index contributed by atoms with van der Waals surface area (Å²) >= 11 is 0. The van der Waals surface area contributed by atoms with Gasteiger partial charge < -0.3 is 5.11 Å². The molecule has 0 aliphatic carbocycles. The average molecular weight is 244 g/mol. The molecular formula is C14H12O4. The van der Waals surface area contributed by atoms with Gasteiger partial charge in [0, 0.05) is 0 Å². The lowest BCUT2D eigenvalue weighted by Gasteiger charge is -2.00. The lowest BCUT2D eigenvalue weighted by Crippen LogP contribution is -2.06. The molecule has 0 saturated carbocycles. The number of benzene rings is 1. The monoisotopic (exact) mass is 244 g/mol. The van der Waals surface area contributed by atoms with Crippen molar-refractivity contribution in [3.05, 3.63) is 47.6 Å². The SMILES string of the molecule is C/C=C/C(=O)C(=O)/C=C/c1cccc(O)c1C=O. The zero-order chi connectivity index (χ0) is 13.5. The summed E-state index contributed by atoms with van der Waals surface area (Å²) in [6.07, 6.45) is 5.53. The van der Waals surface area contributed by atoms with Gasteiger partial charge in [0.05, 0.1) is 5.56 Å². The van der Waals surface area contributed by atoms with Crippen LogP contribution in [0.15, 0.2) is 36.4 Å². The van der Waals surface area contributed by atoms with E-state index in [9.17, 15) is 19.5 Å². The van der Waals surface area contributed by atoms with Gasteiger partial charge in [-0.2, -0.15) is 0 Å². The van der Waals surface area contributed by atoms with Crippen LogP contribution in [0, 0.1) is 0 Å². The molecular weight excluding hydrogens is 232 g/mol. The highest BCUT2D eigenvalue weighted by Gasteiger charge is 2.07. The Morgan fingerprint density at radius 2 is 1.83 bits per heavy atom. The van der Waals surface area contributed by atoms with E-state index >= 15 is 0 Å². The van der Waals surface area contributed by atoms with E-state index in [0.717, 1.165) is 12.2 Å². The molecule has 0 atom stereocenters. The van der Waals surface area contributed by atoms with Crippen LogP contribution in [0.5, 0.6) is 5.75 Å². The summed E-state index contributed by atoms with van der Waals surface area (Å²) < 4.78 is 0. The van der Waals surface area contributed by atoms with E-state index < -0.39 is 11.6 Å². The zero-order valence-corrected chi connectivity index (χ0v) is 9.79. The number of aldehydes is 1. The molecule has 0 aliphatic heterocycles. The molecule has 0 saturated heterocycles. The summed E-state index contributed by atoms with van der Waals surface area (Å²) in [7, 11) is 0. The Hall–Kier alpha value is -2.49. The van der Waals surface area contributed by atoms with Crippen molar-refractivity contribution in [1.29, 1.82) is 0 Å². The fourth-order valence-corrected chi connectivity index (χ4v) is 1.33. The number of hydrogen-bond donors (Lipinski definition) is 1. The molecule has 0 radical (unpaired) electrons. The van der Waals surface area contributed by atoms with Crippen LogP contribution < -0.4 is 0 Å². The minimum absolute atomic E-state index is 0.0834. The highest BCUT2D eigenvalue weighted by atomic mass is 16.3. The molecule has 4 heteroatoms. The van der Waals surface area contributed by atoms with Gasteiger partial charge in [-0.05, 0) is 30.7 Å². The second-order valence-corrected chi connectivity index (χ2v) is 3.46. The summed E-state index contributed by atoms with van der Waals surface area (Å²) in [6, 6.07) is 4.47. The summed E-state index contributed by atoms with van der Waals surface area (Å²) in [4.78, 5) is 33.3. The van der Waals surface area contributed by atoms with Gasteiger partial charge in [0.25, 0.3) is 0 Å². The number of allylic oxidation sites excluding steroid dienone is 3. The third kappa shape index (κ3) is 3.25. The van der Waals surface area contributed by atoms with Crippen LogP contribution in [0.1, 0.15) is 22.8 Å². The van der Waals surface area contributed by atoms with Crippen LogP contribution in [-0.4, -0.2) is 23.0 Å². The minimum atomic E-state index is -0.687. The molecule has 0 aliphatic rings. The van der Waals surface area contributed by atoms with Crippen molar-refractivity contribution < 1.29 is 19.5 Å². The first kappa shape index (κ1) is 13.6. The summed E-state index contributed by atoms with van der Waals surface area (Å²) in [5, 5.41) is 9.42. The molecule has 1 aromatic carbocycles. The van der Waals surface area contributed by atoms with Crippen LogP contribution in [0.2, 0.25) is 0 Å². The van der Waals surface area contributed by atoms with Gasteiger partial charge in [-0.1, -0.05) is 24.3 Å². The maximum atomic E-state index is 11.4. The molecule has 0 unspecified atom stereocenters. The maximum Gasteiger partial charge on any atom is 0.225 e. The Morgan fingerprint density at radius 1 is 1.17 bits per heavy atom. The molecule has 0 aromatic heterocycles. The fraction of sp³-hybridized carbons (Fsp3) is 0.0714. The number of phenolic OH excluding ortho intramolecular Hbond substituents is 1. The van der Waals surface area contributed by atoms with Crippen molar-refractivity contribution in [2.24, 2.45) is 0 Å². The highest BCUT2D eigenvalue weighted by Crippen LogP contribution is 2.19. The van der Waals surface area contributed by atoms with Gasteiger partial charge >= 0.3 is 0 Å². The van der Waals surface area contributed by atoms with E-state index in [1.165, 1.54) is 18.2 Å². The predicted octanol–water partition coefficient (Wildman–Crippen LogP) is 1.93. The van der Waals surface area contributed by atoms with Gasteiger partial charge in [-0.15, -0.1) is 0 Å². The second kappa shape index (κ2) is 6.30. The van der Waals surface area contributed by atoms with Gasteiger partial charge in [0.2, 0.25) is 11.6 Å². The molecule has 92 valence electrons. The van der Waals surface area contributed by atoms with Crippen LogP contribution in [0.25, 0.3) is 6.08 Å². The van der Waals surface area contributed by atoms with E-state index in [-0.39, 0.29) is 11.3 Å². The van der Waals surface area contributed by atoms with E-state index in [2.05, 4.69) is 0 Å². The van der Waals surface area contributed by atoms with Crippen molar-refractivity contribution >= 4 is 23.9 Å². The normalized spacial score (nSPS) is 10.9. The average Bonchev–Trinajstić information content (AvgIpc) is 2.36. The second-order valence-electron chi connectivity index (χ2n) is 3.46. The number of ketones is 2. The van der Waals surface area contributed by atoms with Crippen molar-refractivity contribution in [3.63, 3.8) is 0 Å². The molecule has 1 N–H and O–H groups in total. The lowest BCUT2D eigenvalue weighted by atomic mass is 10.1. The Kier molecular flexibility index (Phi) is 4.75. The fourth-order valence-electron chi connectivity index (χ4n) is 1.33. The molecule has 0 heterocycles. The maximum absolute atomic E-state index is 11.4. The molecule has 0 fully saturated rings. The topological polar surface area (TPSA) is 71.4 Å². The first-order chi connectivity index (χ1) is 8.60. The molecule has 1 aromatic rings. The van der Waals surface area contributed by atoms with Gasteiger partial charge in [-0.3, -0.25) is 14.4 Å². The van der Waals surface area contributed by atoms with Crippen molar-refractivity contribution in [2.75, 3.05) is 0 Å². The summed E-state index contributed by atoms with van der Waals surface area (Å²) in [6.45, 7) is 1.63. The minimum Gasteiger partial charge on any atom is -0.507 e. The molecule has 0 amide bonds. The Labute approximate surface area is 104 Å². The van der Waals surface area contributed by atoms with Crippen molar-refractivity contribution in [1.82, 2.24) is 0 Å². The van der Waals surface area contributed by atoms with Crippen LogP contribution >= 0.6 is 0 Å². The standard InChI is InChI=1S/C14H12O4/c1-2-4-13(17)14(18)8-7-10-5-3-6-12(16)11(10)9-15/h2-9,16H,1H3/b4-2+,8-7+. The molecule has 0 spiro atoms. The number of aromatic hydroxyl groups is 1. The number of carbonyl (C=O) groups excluding carboxylic acids is 3. The van der Waals surface area contributed by atoms with Crippen molar-refractivity contribution in [2.45, 2.75) is 6.92 Å². The van der Waals surface area contributed by atoms with E-state index in [0.29, 0.717) is 11.8 Å². The predicted molar refractivity (Wildman–Crippen MR) is 67.4 cm³/mol. The summed E-state index contributed by atoms with van der Waals surface area (Å²) in [5.74, 6) is -1.49.